The number of halogens is 2. The Morgan fingerprint density at radius 3 is 3.05 bits per heavy atom. The first-order valence-electron chi connectivity index (χ1n) is 6.31. The topological polar surface area (TPSA) is 47.7 Å². The maximum absolute atomic E-state index is 13.1. The zero-order chi connectivity index (χ0) is 13.8. The number of nitrogens with zero attached hydrogens (tertiary/aromatic N) is 1. The zero-order valence-electron chi connectivity index (χ0n) is 10.9. The van der Waals surface area contributed by atoms with Crippen LogP contribution >= 0.6 is 15.9 Å². The largest absolute Gasteiger partial charge is 0.487 e. The second-order valence-electron chi connectivity index (χ2n) is 4.50. The highest BCUT2D eigenvalue weighted by atomic mass is 79.9. The van der Waals surface area contributed by atoms with Gasteiger partial charge in [0.05, 0.1) is 16.8 Å². The van der Waals surface area contributed by atoms with Crippen molar-refractivity contribution in [2.75, 3.05) is 38.6 Å². The van der Waals surface area contributed by atoms with Crippen LogP contribution in [0.1, 0.15) is 6.92 Å². The lowest BCUT2D eigenvalue weighted by molar-refractivity contribution is -0.0464. The van der Waals surface area contributed by atoms with Crippen LogP contribution in [-0.2, 0) is 4.74 Å². The molecule has 1 atom stereocenters. The van der Waals surface area contributed by atoms with Gasteiger partial charge in [-0.05, 0) is 28.5 Å². The van der Waals surface area contributed by atoms with Crippen LogP contribution < -0.4 is 10.5 Å². The van der Waals surface area contributed by atoms with Crippen LogP contribution in [0.25, 0.3) is 0 Å². The molecule has 1 unspecified atom stereocenters. The minimum Gasteiger partial charge on any atom is -0.487 e. The fourth-order valence-electron chi connectivity index (χ4n) is 2.08. The number of morpholine rings is 1. The highest BCUT2D eigenvalue weighted by Gasteiger charge is 2.20. The average molecular weight is 333 g/mol. The van der Waals surface area contributed by atoms with Crippen LogP contribution in [-0.4, -0.2) is 43.9 Å². The molecule has 0 aromatic heterocycles. The molecule has 0 amide bonds. The summed E-state index contributed by atoms with van der Waals surface area (Å²) in [6.07, 6.45) is 0.0186. The average Bonchev–Trinajstić information content (AvgIpc) is 2.37. The van der Waals surface area contributed by atoms with E-state index in [-0.39, 0.29) is 17.6 Å². The fourth-order valence-corrected chi connectivity index (χ4v) is 2.64. The van der Waals surface area contributed by atoms with Gasteiger partial charge in [-0.15, -0.1) is 0 Å². The summed E-state index contributed by atoms with van der Waals surface area (Å²) >= 11 is 3.25. The smallest absolute Gasteiger partial charge is 0.156 e. The lowest BCUT2D eigenvalue weighted by Crippen LogP contribution is -2.44. The van der Waals surface area contributed by atoms with Crippen LogP contribution in [0.5, 0.6) is 5.75 Å². The third kappa shape index (κ3) is 3.81. The number of benzene rings is 1. The molecule has 0 radical (unpaired) electrons. The van der Waals surface area contributed by atoms with Crippen molar-refractivity contribution in [3.05, 3.63) is 22.4 Å². The van der Waals surface area contributed by atoms with E-state index in [1.54, 1.807) is 0 Å². The molecule has 6 heteroatoms. The summed E-state index contributed by atoms with van der Waals surface area (Å²) in [5.74, 6) is 0.0846. The zero-order valence-corrected chi connectivity index (χ0v) is 12.5. The van der Waals surface area contributed by atoms with Crippen LogP contribution in [0.2, 0.25) is 0 Å². The van der Waals surface area contributed by atoms with E-state index in [1.807, 2.05) is 0 Å². The van der Waals surface area contributed by atoms with Crippen molar-refractivity contribution in [2.45, 2.75) is 13.0 Å². The van der Waals surface area contributed by atoms with Crippen molar-refractivity contribution in [3.63, 3.8) is 0 Å². The van der Waals surface area contributed by atoms with Crippen molar-refractivity contribution in [1.29, 1.82) is 0 Å². The monoisotopic (exact) mass is 332 g/mol. The molecule has 2 N–H and O–H groups in total. The van der Waals surface area contributed by atoms with Gasteiger partial charge in [-0.1, -0.05) is 6.92 Å². The summed E-state index contributed by atoms with van der Waals surface area (Å²) in [6.45, 7) is 6.04. The molecule has 1 fully saturated rings. The number of nitrogens with two attached hydrogens (primary N) is 1. The molecule has 19 heavy (non-hydrogen) atoms. The molecule has 1 aliphatic heterocycles. The first-order valence-corrected chi connectivity index (χ1v) is 7.10. The van der Waals surface area contributed by atoms with E-state index < -0.39 is 0 Å². The predicted molar refractivity (Wildman–Crippen MR) is 75.9 cm³/mol. The molecule has 4 nitrogen and oxygen atoms in total. The summed E-state index contributed by atoms with van der Waals surface area (Å²) in [6, 6.07) is 2.59. The summed E-state index contributed by atoms with van der Waals surface area (Å²) in [5, 5.41) is 0. The van der Waals surface area contributed by atoms with Gasteiger partial charge in [0, 0.05) is 19.2 Å². The number of hydrogen-bond acceptors (Lipinski definition) is 4. The normalized spacial score (nSPS) is 20.5. The quantitative estimate of drug-likeness (QED) is 0.859. The molecule has 0 aliphatic carbocycles. The van der Waals surface area contributed by atoms with E-state index in [4.69, 9.17) is 15.2 Å². The molecular weight excluding hydrogens is 315 g/mol. The predicted octanol–water partition coefficient (Wildman–Crippen LogP) is 2.27. The number of hydrogen-bond donors (Lipinski definition) is 1. The fraction of sp³-hybridized carbons (Fsp3) is 0.538. The summed E-state index contributed by atoms with van der Waals surface area (Å²) in [5.41, 5.74) is 6.03. The Kier molecular flexibility index (Phi) is 5.01. The molecule has 0 spiro atoms. The molecule has 0 bridgehead atoms. The molecule has 1 heterocycles. The Labute approximate surface area is 120 Å². The van der Waals surface area contributed by atoms with Crippen molar-refractivity contribution < 1.29 is 13.9 Å². The number of rotatable bonds is 4. The first-order chi connectivity index (χ1) is 9.10. The lowest BCUT2D eigenvalue weighted by Gasteiger charge is -2.32. The van der Waals surface area contributed by atoms with E-state index >= 15 is 0 Å². The summed E-state index contributed by atoms with van der Waals surface area (Å²) in [4.78, 5) is 2.31. The highest BCUT2D eigenvalue weighted by molar-refractivity contribution is 9.10. The van der Waals surface area contributed by atoms with E-state index in [2.05, 4.69) is 27.8 Å². The number of ether oxygens (including phenoxy) is 2. The molecular formula is C13H18BrFN2O2. The Bertz CT molecular complexity index is 422. The van der Waals surface area contributed by atoms with Gasteiger partial charge in [-0.3, -0.25) is 4.90 Å². The number of nitrogen functional groups attached to an aromatic ring is 1. The Morgan fingerprint density at radius 2 is 2.37 bits per heavy atom. The lowest BCUT2D eigenvalue weighted by atomic mass is 10.2. The van der Waals surface area contributed by atoms with Crippen LogP contribution in [0, 0.1) is 5.82 Å². The van der Waals surface area contributed by atoms with Gasteiger partial charge < -0.3 is 15.2 Å². The van der Waals surface area contributed by atoms with Crippen molar-refractivity contribution >= 4 is 21.6 Å². The number of likely N-dealkylation sites (N-methyl/N-ethyl adjacent to an activating group) is 1. The Balaban J connectivity index is 1.95. The maximum Gasteiger partial charge on any atom is 0.156 e. The van der Waals surface area contributed by atoms with E-state index in [0.29, 0.717) is 23.4 Å². The summed E-state index contributed by atoms with van der Waals surface area (Å²) in [7, 11) is 0. The van der Waals surface area contributed by atoms with E-state index in [0.717, 1.165) is 19.6 Å². The molecule has 1 aliphatic rings. The van der Waals surface area contributed by atoms with Gasteiger partial charge in [0.2, 0.25) is 0 Å². The van der Waals surface area contributed by atoms with Gasteiger partial charge in [0.1, 0.15) is 18.5 Å². The second kappa shape index (κ2) is 6.54. The Hall–Kier alpha value is -0.850. The first kappa shape index (κ1) is 14.6. The highest BCUT2D eigenvalue weighted by Crippen LogP contribution is 2.32. The molecule has 1 aromatic rings. The molecule has 0 saturated carbocycles. The molecule has 1 saturated heterocycles. The third-order valence-corrected chi connectivity index (χ3v) is 3.71. The van der Waals surface area contributed by atoms with E-state index in [1.165, 1.54) is 12.1 Å². The van der Waals surface area contributed by atoms with Gasteiger partial charge in [0.15, 0.2) is 5.75 Å². The van der Waals surface area contributed by atoms with Crippen LogP contribution in [0.3, 0.4) is 0 Å². The Morgan fingerprint density at radius 1 is 1.58 bits per heavy atom. The maximum atomic E-state index is 13.1. The standard InChI is InChI=1S/C13H18BrFN2O2/c1-2-17-3-4-18-10(7-17)8-19-13-11(14)5-9(15)6-12(13)16/h5-6,10H,2-4,7-8,16H2,1H3. The van der Waals surface area contributed by atoms with Crippen molar-refractivity contribution in [2.24, 2.45) is 0 Å². The molecule has 2 rings (SSSR count). The SMILES string of the molecule is CCN1CCOC(COc2c(N)cc(F)cc2Br)C1. The number of anilines is 1. The van der Waals surface area contributed by atoms with Crippen LogP contribution in [0.15, 0.2) is 16.6 Å². The van der Waals surface area contributed by atoms with E-state index in [9.17, 15) is 4.39 Å². The second-order valence-corrected chi connectivity index (χ2v) is 5.36. The van der Waals surface area contributed by atoms with Gasteiger partial charge in [0.25, 0.3) is 0 Å². The van der Waals surface area contributed by atoms with Gasteiger partial charge in [-0.2, -0.15) is 0 Å². The van der Waals surface area contributed by atoms with Gasteiger partial charge >= 0.3 is 0 Å². The minimum absolute atomic E-state index is 0.0186. The van der Waals surface area contributed by atoms with Crippen molar-refractivity contribution in [3.8, 4) is 5.75 Å². The van der Waals surface area contributed by atoms with Gasteiger partial charge in [-0.25, -0.2) is 4.39 Å². The molecule has 106 valence electrons. The third-order valence-electron chi connectivity index (χ3n) is 3.12. The molecule has 1 aromatic carbocycles. The van der Waals surface area contributed by atoms with Crippen LogP contribution in [0.4, 0.5) is 10.1 Å². The summed E-state index contributed by atoms with van der Waals surface area (Å²) < 4.78 is 24.9. The van der Waals surface area contributed by atoms with Crippen molar-refractivity contribution in [1.82, 2.24) is 4.90 Å². The minimum atomic E-state index is -0.386.